The summed E-state index contributed by atoms with van der Waals surface area (Å²) in [7, 11) is 1.60. The number of thiazole rings is 1. The van der Waals surface area contributed by atoms with Crippen LogP contribution in [0.1, 0.15) is 12.5 Å². The molecule has 2 aromatic carbocycles. The summed E-state index contributed by atoms with van der Waals surface area (Å²) in [4.78, 5) is 16.3. The molecule has 1 aromatic heterocycles. The second-order valence-electron chi connectivity index (χ2n) is 5.00. The van der Waals surface area contributed by atoms with Crippen molar-refractivity contribution in [2.45, 2.75) is 13.8 Å². The number of para-hydroxylation sites is 1. The van der Waals surface area contributed by atoms with Crippen LogP contribution in [0.2, 0.25) is 0 Å². The molecule has 0 atom stereocenters. The molecular weight excluding hydrogens is 296 g/mol. The molecule has 3 aromatic rings. The number of methoxy groups -OCH3 is 1. The maximum absolute atomic E-state index is 11.6. The molecule has 0 spiro atoms. The minimum Gasteiger partial charge on any atom is -0.495 e. The first-order chi connectivity index (χ1) is 10.6. The van der Waals surface area contributed by atoms with Crippen LogP contribution in [0.5, 0.6) is 5.75 Å². The molecule has 0 radical (unpaired) electrons. The van der Waals surface area contributed by atoms with Gasteiger partial charge in [0.1, 0.15) is 10.8 Å². The minimum atomic E-state index is -0.133. The highest BCUT2D eigenvalue weighted by Crippen LogP contribution is 2.41. The van der Waals surface area contributed by atoms with E-state index in [1.165, 1.54) is 6.92 Å². The highest BCUT2D eigenvalue weighted by Gasteiger charge is 2.18. The van der Waals surface area contributed by atoms with E-state index >= 15 is 0 Å². The second kappa shape index (κ2) is 5.77. The Labute approximate surface area is 132 Å². The van der Waals surface area contributed by atoms with Gasteiger partial charge in [0.25, 0.3) is 0 Å². The van der Waals surface area contributed by atoms with E-state index in [0.717, 1.165) is 26.4 Å². The summed E-state index contributed by atoms with van der Waals surface area (Å²) in [5, 5.41) is 3.76. The molecule has 0 aliphatic carbocycles. The van der Waals surface area contributed by atoms with E-state index < -0.39 is 0 Å². The number of nitrogens with one attached hydrogen (secondary N) is 1. The highest BCUT2D eigenvalue weighted by molar-refractivity contribution is 7.21. The molecule has 22 heavy (non-hydrogen) atoms. The van der Waals surface area contributed by atoms with Gasteiger partial charge in [-0.25, -0.2) is 4.98 Å². The van der Waals surface area contributed by atoms with Crippen LogP contribution in [-0.2, 0) is 4.79 Å². The Balaban J connectivity index is 2.25. The Bertz CT molecular complexity index is 822. The Hall–Kier alpha value is -2.40. The summed E-state index contributed by atoms with van der Waals surface area (Å²) >= 11 is 1.61. The van der Waals surface area contributed by atoms with Gasteiger partial charge in [-0.1, -0.05) is 18.2 Å². The maximum Gasteiger partial charge on any atom is 0.221 e. The lowest BCUT2D eigenvalue weighted by Crippen LogP contribution is -2.09. The molecule has 0 bridgehead atoms. The predicted molar refractivity (Wildman–Crippen MR) is 90.6 cm³/mol. The number of aryl methyl sites for hydroxylation is 1. The molecule has 4 nitrogen and oxygen atoms in total. The van der Waals surface area contributed by atoms with Crippen molar-refractivity contribution in [3.05, 3.63) is 42.0 Å². The van der Waals surface area contributed by atoms with Gasteiger partial charge in [-0.2, -0.15) is 0 Å². The Morgan fingerprint density at radius 3 is 2.68 bits per heavy atom. The molecule has 0 aliphatic heterocycles. The van der Waals surface area contributed by atoms with E-state index in [-0.39, 0.29) is 5.91 Å². The second-order valence-corrected chi connectivity index (χ2v) is 6.03. The molecule has 112 valence electrons. The summed E-state index contributed by atoms with van der Waals surface area (Å²) in [6.07, 6.45) is 0. The lowest BCUT2D eigenvalue weighted by molar-refractivity contribution is -0.114. The number of ether oxygens (including phenoxy) is 1. The summed E-state index contributed by atoms with van der Waals surface area (Å²) in [5.74, 6) is 0.501. The first-order valence-corrected chi connectivity index (χ1v) is 7.73. The Kier molecular flexibility index (Phi) is 3.81. The van der Waals surface area contributed by atoms with E-state index in [4.69, 9.17) is 9.72 Å². The van der Waals surface area contributed by atoms with E-state index in [9.17, 15) is 4.79 Å². The van der Waals surface area contributed by atoms with Crippen molar-refractivity contribution in [2.24, 2.45) is 0 Å². The van der Waals surface area contributed by atoms with Crippen molar-refractivity contribution in [3.8, 4) is 16.3 Å². The van der Waals surface area contributed by atoms with E-state index in [0.29, 0.717) is 11.4 Å². The number of rotatable bonds is 3. The molecule has 1 heterocycles. The standard InChI is InChI=1S/C17H16N2O2S/c1-10-8-9-13(21-3)16(18-11(2)20)15(10)17-19-12-6-4-5-7-14(12)22-17/h4-9H,1-3H3,(H,18,20). The van der Waals surface area contributed by atoms with Crippen molar-refractivity contribution >= 4 is 33.1 Å². The fourth-order valence-electron chi connectivity index (χ4n) is 2.41. The van der Waals surface area contributed by atoms with Crippen LogP contribution in [0.15, 0.2) is 36.4 Å². The van der Waals surface area contributed by atoms with Crippen LogP contribution in [0, 0.1) is 6.92 Å². The number of carbonyl (C=O) groups is 1. The number of nitrogens with zero attached hydrogens (tertiary/aromatic N) is 1. The molecule has 1 N–H and O–H groups in total. The maximum atomic E-state index is 11.6. The van der Waals surface area contributed by atoms with Gasteiger partial charge >= 0.3 is 0 Å². The Morgan fingerprint density at radius 2 is 2.00 bits per heavy atom. The molecule has 0 saturated carbocycles. The SMILES string of the molecule is COc1ccc(C)c(-c2nc3ccccc3s2)c1NC(C)=O. The van der Waals surface area contributed by atoms with Gasteiger partial charge in [-0.3, -0.25) is 4.79 Å². The molecule has 0 saturated heterocycles. The zero-order chi connectivity index (χ0) is 15.7. The monoisotopic (exact) mass is 312 g/mol. The number of aromatic nitrogens is 1. The van der Waals surface area contributed by atoms with Gasteiger partial charge in [0.15, 0.2) is 0 Å². The molecule has 1 amide bonds. The number of anilines is 1. The van der Waals surface area contributed by atoms with E-state index in [1.807, 2.05) is 43.3 Å². The summed E-state index contributed by atoms with van der Waals surface area (Å²) in [6.45, 7) is 3.50. The number of hydrogen-bond acceptors (Lipinski definition) is 4. The third-order valence-corrected chi connectivity index (χ3v) is 4.46. The number of fused-ring (bicyclic) bond motifs is 1. The topological polar surface area (TPSA) is 51.2 Å². The van der Waals surface area contributed by atoms with E-state index in [1.54, 1.807) is 18.4 Å². The quantitative estimate of drug-likeness (QED) is 0.787. The van der Waals surface area contributed by atoms with Crippen LogP contribution in [0.4, 0.5) is 5.69 Å². The fraction of sp³-hybridized carbons (Fsp3) is 0.176. The molecule has 5 heteroatoms. The molecular formula is C17H16N2O2S. The number of carbonyl (C=O) groups excluding carboxylic acids is 1. The normalized spacial score (nSPS) is 10.7. The van der Waals surface area contributed by atoms with Crippen LogP contribution in [0.25, 0.3) is 20.8 Å². The smallest absolute Gasteiger partial charge is 0.221 e. The lowest BCUT2D eigenvalue weighted by atomic mass is 10.1. The molecule has 0 fully saturated rings. The minimum absolute atomic E-state index is 0.133. The zero-order valence-corrected chi connectivity index (χ0v) is 13.5. The lowest BCUT2D eigenvalue weighted by Gasteiger charge is -2.15. The van der Waals surface area contributed by atoms with Gasteiger partial charge in [0, 0.05) is 12.5 Å². The molecule has 0 aliphatic rings. The molecule has 0 unspecified atom stereocenters. The van der Waals surface area contributed by atoms with Crippen LogP contribution >= 0.6 is 11.3 Å². The van der Waals surface area contributed by atoms with Gasteiger partial charge in [0.2, 0.25) is 5.91 Å². The van der Waals surface area contributed by atoms with Crippen molar-refractivity contribution in [2.75, 3.05) is 12.4 Å². The largest absolute Gasteiger partial charge is 0.495 e. The van der Waals surface area contributed by atoms with Crippen molar-refractivity contribution in [1.29, 1.82) is 0 Å². The van der Waals surface area contributed by atoms with Crippen molar-refractivity contribution < 1.29 is 9.53 Å². The number of hydrogen-bond donors (Lipinski definition) is 1. The fourth-order valence-corrected chi connectivity index (χ4v) is 3.49. The predicted octanol–water partition coefficient (Wildman–Crippen LogP) is 4.24. The van der Waals surface area contributed by atoms with Gasteiger partial charge < -0.3 is 10.1 Å². The summed E-state index contributed by atoms with van der Waals surface area (Å²) < 4.78 is 6.52. The van der Waals surface area contributed by atoms with Gasteiger partial charge in [0.05, 0.1) is 23.0 Å². The average Bonchev–Trinajstić information content (AvgIpc) is 2.90. The van der Waals surface area contributed by atoms with Crippen LogP contribution in [0.3, 0.4) is 0 Å². The molecule has 3 rings (SSSR count). The summed E-state index contributed by atoms with van der Waals surface area (Å²) in [5.41, 5.74) is 3.59. The van der Waals surface area contributed by atoms with Gasteiger partial charge in [-0.05, 0) is 30.7 Å². The van der Waals surface area contributed by atoms with Crippen molar-refractivity contribution in [3.63, 3.8) is 0 Å². The zero-order valence-electron chi connectivity index (χ0n) is 12.6. The Morgan fingerprint density at radius 1 is 1.23 bits per heavy atom. The first-order valence-electron chi connectivity index (χ1n) is 6.91. The van der Waals surface area contributed by atoms with Crippen LogP contribution < -0.4 is 10.1 Å². The van der Waals surface area contributed by atoms with E-state index in [2.05, 4.69) is 5.32 Å². The van der Waals surface area contributed by atoms with Crippen molar-refractivity contribution in [1.82, 2.24) is 4.98 Å². The number of amides is 1. The average molecular weight is 312 g/mol. The number of benzene rings is 2. The third-order valence-electron chi connectivity index (χ3n) is 3.40. The van der Waals surface area contributed by atoms with Crippen LogP contribution in [-0.4, -0.2) is 18.0 Å². The van der Waals surface area contributed by atoms with Gasteiger partial charge in [-0.15, -0.1) is 11.3 Å². The highest BCUT2D eigenvalue weighted by atomic mass is 32.1. The first kappa shape index (κ1) is 14.5. The third kappa shape index (κ3) is 2.55. The summed E-state index contributed by atoms with van der Waals surface area (Å²) in [6, 6.07) is 11.8.